The van der Waals surface area contributed by atoms with Crippen LogP contribution in [0, 0.1) is 0 Å². The Bertz CT molecular complexity index is 673. The van der Waals surface area contributed by atoms with Crippen molar-refractivity contribution in [3.8, 4) is 0 Å². The van der Waals surface area contributed by atoms with E-state index < -0.39 is 0 Å². The summed E-state index contributed by atoms with van der Waals surface area (Å²) >= 11 is 1.79. The molecule has 1 saturated heterocycles. The summed E-state index contributed by atoms with van der Waals surface area (Å²) in [5, 5.41) is 4.23. The van der Waals surface area contributed by atoms with Crippen LogP contribution in [0.1, 0.15) is 30.4 Å². The van der Waals surface area contributed by atoms with Gasteiger partial charge in [0.1, 0.15) is 12.7 Å². The van der Waals surface area contributed by atoms with E-state index in [0.29, 0.717) is 0 Å². The maximum Gasteiger partial charge on any atom is 0.231 e. The molecule has 2 aromatic rings. The second kappa shape index (κ2) is 5.76. The zero-order valence-corrected chi connectivity index (χ0v) is 13.1. The number of piperidine rings is 1. The molecule has 0 aliphatic carbocycles. The lowest BCUT2D eigenvalue weighted by Gasteiger charge is -2.34. The molecule has 3 heterocycles. The second-order valence-corrected chi connectivity index (χ2v) is 6.92. The monoisotopic (exact) mass is 314 g/mol. The number of hydrogen-bond donors (Lipinski definition) is 0. The average molecular weight is 314 g/mol. The Hall–Kier alpha value is -1.82. The molecular weight excluding hydrogens is 296 g/mol. The van der Waals surface area contributed by atoms with Crippen LogP contribution in [0.25, 0.3) is 0 Å². The van der Waals surface area contributed by atoms with Crippen LogP contribution in [0.5, 0.6) is 0 Å². The maximum absolute atomic E-state index is 12.9. The Balaban J connectivity index is 1.51. The normalized spacial score (nSPS) is 24.3. The molecule has 114 valence electrons. The highest BCUT2D eigenvalue weighted by molar-refractivity contribution is 7.99. The Morgan fingerprint density at radius 2 is 2.23 bits per heavy atom. The molecule has 1 amide bonds. The minimum absolute atomic E-state index is 0.00990. The Labute approximate surface area is 133 Å². The fourth-order valence-electron chi connectivity index (χ4n) is 3.36. The van der Waals surface area contributed by atoms with Gasteiger partial charge in [-0.15, -0.1) is 11.8 Å². The quantitative estimate of drug-likeness (QED) is 0.854. The third kappa shape index (κ3) is 2.41. The van der Waals surface area contributed by atoms with E-state index in [0.717, 1.165) is 31.7 Å². The van der Waals surface area contributed by atoms with E-state index in [9.17, 15) is 4.79 Å². The van der Waals surface area contributed by atoms with Crippen molar-refractivity contribution in [2.24, 2.45) is 0 Å². The Morgan fingerprint density at radius 3 is 3.09 bits per heavy atom. The number of benzene rings is 1. The van der Waals surface area contributed by atoms with Crippen LogP contribution in [-0.2, 0) is 4.79 Å². The van der Waals surface area contributed by atoms with E-state index in [1.54, 1.807) is 24.4 Å². The summed E-state index contributed by atoms with van der Waals surface area (Å²) in [6.07, 6.45) is 5.39. The van der Waals surface area contributed by atoms with Crippen LogP contribution in [-0.4, -0.2) is 44.4 Å². The zero-order valence-electron chi connectivity index (χ0n) is 12.3. The van der Waals surface area contributed by atoms with Crippen LogP contribution >= 0.6 is 11.8 Å². The SMILES string of the molecule is O=C([C@@H]1CSc2ccccc21)N1CCC[C@H](n2cncn2)C1. The first-order valence-electron chi connectivity index (χ1n) is 7.67. The van der Waals surface area contributed by atoms with Crippen LogP contribution in [0.2, 0.25) is 0 Å². The van der Waals surface area contributed by atoms with Crippen molar-refractivity contribution < 1.29 is 4.79 Å². The van der Waals surface area contributed by atoms with E-state index in [4.69, 9.17) is 0 Å². The number of rotatable bonds is 2. The lowest BCUT2D eigenvalue weighted by atomic mass is 9.97. The fraction of sp³-hybridized carbons (Fsp3) is 0.438. The van der Waals surface area contributed by atoms with Gasteiger partial charge in [-0.25, -0.2) is 9.67 Å². The molecule has 2 atom stereocenters. The summed E-state index contributed by atoms with van der Waals surface area (Å²) in [6, 6.07) is 8.53. The highest BCUT2D eigenvalue weighted by Gasteiger charge is 2.34. The molecule has 22 heavy (non-hydrogen) atoms. The number of aromatic nitrogens is 3. The lowest BCUT2D eigenvalue weighted by Crippen LogP contribution is -2.43. The van der Waals surface area contributed by atoms with Gasteiger partial charge < -0.3 is 4.90 Å². The minimum Gasteiger partial charge on any atom is -0.340 e. The molecule has 5 nitrogen and oxygen atoms in total. The molecule has 6 heteroatoms. The number of nitrogens with zero attached hydrogens (tertiary/aromatic N) is 4. The number of fused-ring (bicyclic) bond motifs is 1. The zero-order chi connectivity index (χ0) is 14.9. The topological polar surface area (TPSA) is 51.0 Å². The lowest BCUT2D eigenvalue weighted by molar-refractivity contribution is -0.134. The van der Waals surface area contributed by atoms with Crippen molar-refractivity contribution in [2.75, 3.05) is 18.8 Å². The number of thioether (sulfide) groups is 1. The van der Waals surface area contributed by atoms with Crippen molar-refractivity contribution in [1.82, 2.24) is 19.7 Å². The molecule has 0 unspecified atom stereocenters. The van der Waals surface area contributed by atoms with E-state index in [-0.39, 0.29) is 17.9 Å². The summed E-state index contributed by atoms with van der Waals surface area (Å²) in [5.41, 5.74) is 1.19. The first kappa shape index (κ1) is 13.8. The summed E-state index contributed by atoms with van der Waals surface area (Å²) in [6.45, 7) is 1.60. The van der Waals surface area contributed by atoms with Crippen LogP contribution in [0.15, 0.2) is 41.8 Å². The molecule has 0 radical (unpaired) electrons. The van der Waals surface area contributed by atoms with Crippen molar-refractivity contribution in [1.29, 1.82) is 0 Å². The minimum atomic E-state index is 0.00990. The first-order valence-corrected chi connectivity index (χ1v) is 8.66. The Kier molecular flexibility index (Phi) is 3.62. The number of amides is 1. The molecule has 0 N–H and O–H groups in total. The smallest absolute Gasteiger partial charge is 0.231 e. The molecule has 1 fully saturated rings. The third-order valence-corrected chi connectivity index (χ3v) is 5.70. The Morgan fingerprint density at radius 1 is 1.32 bits per heavy atom. The predicted octanol–water partition coefficient (Wildman–Crippen LogP) is 2.33. The average Bonchev–Trinajstić information content (AvgIpc) is 3.24. The van der Waals surface area contributed by atoms with Gasteiger partial charge in [-0.1, -0.05) is 18.2 Å². The second-order valence-electron chi connectivity index (χ2n) is 5.86. The predicted molar refractivity (Wildman–Crippen MR) is 84.8 cm³/mol. The molecule has 4 rings (SSSR count). The highest BCUT2D eigenvalue weighted by Crippen LogP contribution is 2.40. The number of hydrogen-bond acceptors (Lipinski definition) is 4. The van der Waals surface area contributed by atoms with Gasteiger partial charge in [0.2, 0.25) is 5.91 Å². The third-order valence-electron chi connectivity index (χ3n) is 4.52. The van der Waals surface area contributed by atoms with Crippen LogP contribution < -0.4 is 0 Å². The molecule has 2 aliphatic heterocycles. The van der Waals surface area contributed by atoms with Crippen molar-refractivity contribution in [2.45, 2.75) is 29.7 Å². The summed E-state index contributed by atoms with van der Waals surface area (Å²) in [5.74, 6) is 1.14. The largest absolute Gasteiger partial charge is 0.340 e. The molecule has 1 aromatic heterocycles. The van der Waals surface area contributed by atoms with Gasteiger partial charge in [0, 0.05) is 23.7 Å². The van der Waals surface area contributed by atoms with Crippen LogP contribution in [0.3, 0.4) is 0 Å². The number of likely N-dealkylation sites (tertiary alicyclic amines) is 1. The van der Waals surface area contributed by atoms with Crippen molar-refractivity contribution in [3.63, 3.8) is 0 Å². The highest BCUT2D eigenvalue weighted by atomic mass is 32.2. The molecule has 2 aliphatic rings. The van der Waals surface area contributed by atoms with Gasteiger partial charge in [-0.05, 0) is 24.5 Å². The van der Waals surface area contributed by atoms with Crippen molar-refractivity contribution >= 4 is 17.7 Å². The molecule has 0 spiro atoms. The van der Waals surface area contributed by atoms with Crippen LogP contribution in [0.4, 0.5) is 0 Å². The summed E-state index contributed by atoms with van der Waals surface area (Å²) in [4.78, 5) is 20.2. The molecule has 1 aromatic carbocycles. The number of carbonyl (C=O) groups excluding carboxylic acids is 1. The summed E-state index contributed by atoms with van der Waals surface area (Å²) < 4.78 is 1.89. The van der Waals surface area contributed by atoms with E-state index >= 15 is 0 Å². The summed E-state index contributed by atoms with van der Waals surface area (Å²) in [7, 11) is 0. The van der Waals surface area contributed by atoms with E-state index in [2.05, 4.69) is 22.2 Å². The maximum atomic E-state index is 12.9. The standard InChI is InChI=1S/C16H18N4OS/c21-16(14-9-22-15-6-2-1-5-13(14)15)19-7-3-4-12(8-19)20-11-17-10-18-20/h1-2,5-6,10-12,14H,3-4,7-9H2/t12-,14+/m0/s1. The molecule has 0 bridgehead atoms. The molecule has 0 saturated carbocycles. The van der Waals surface area contributed by atoms with Gasteiger partial charge in [0.05, 0.1) is 12.0 Å². The van der Waals surface area contributed by atoms with Gasteiger partial charge in [-0.2, -0.15) is 5.10 Å². The van der Waals surface area contributed by atoms with E-state index in [1.807, 2.05) is 21.7 Å². The number of carbonyl (C=O) groups is 1. The molecular formula is C16H18N4OS. The fourth-order valence-corrected chi connectivity index (χ4v) is 4.58. The van der Waals surface area contributed by atoms with Crippen molar-refractivity contribution in [3.05, 3.63) is 42.5 Å². The van der Waals surface area contributed by atoms with Gasteiger partial charge in [0.25, 0.3) is 0 Å². The van der Waals surface area contributed by atoms with Gasteiger partial charge in [-0.3, -0.25) is 4.79 Å². The van der Waals surface area contributed by atoms with E-state index in [1.165, 1.54) is 10.5 Å². The van der Waals surface area contributed by atoms with Gasteiger partial charge >= 0.3 is 0 Å². The van der Waals surface area contributed by atoms with Gasteiger partial charge in [0.15, 0.2) is 0 Å². The first-order chi connectivity index (χ1) is 10.8.